The molecule has 1 saturated heterocycles. The smallest absolute Gasteiger partial charge is 0.240 e. The molecule has 3 N–H and O–H groups in total. The standard InChI is InChI=1S/C11H18N4OS/c1-8-6-17-10(14-8)15-9(16)5-13-11(2)3-4-12-7-11/h6,12-13H,3-5,7H2,1-2H3,(H,14,15,16). The van der Waals surface area contributed by atoms with E-state index in [9.17, 15) is 4.79 Å². The highest BCUT2D eigenvalue weighted by atomic mass is 32.1. The number of hydrogen-bond donors (Lipinski definition) is 3. The molecule has 1 aromatic heterocycles. The Morgan fingerprint density at radius 3 is 3.12 bits per heavy atom. The molecule has 0 spiro atoms. The number of aromatic nitrogens is 1. The predicted octanol–water partition coefficient (Wildman–Crippen LogP) is 0.732. The van der Waals surface area contributed by atoms with E-state index < -0.39 is 0 Å². The summed E-state index contributed by atoms with van der Waals surface area (Å²) in [4.78, 5) is 15.9. The molecule has 0 saturated carbocycles. The van der Waals surface area contributed by atoms with Gasteiger partial charge in [-0.2, -0.15) is 0 Å². The Morgan fingerprint density at radius 1 is 1.71 bits per heavy atom. The van der Waals surface area contributed by atoms with Gasteiger partial charge in [-0.1, -0.05) is 0 Å². The third-order valence-corrected chi connectivity index (χ3v) is 3.79. The van der Waals surface area contributed by atoms with E-state index in [1.165, 1.54) is 11.3 Å². The van der Waals surface area contributed by atoms with Crippen molar-refractivity contribution in [3.8, 4) is 0 Å². The number of anilines is 1. The van der Waals surface area contributed by atoms with Crippen LogP contribution in [0.1, 0.15) is 19.0 Å². The third kappa shape index (κ3) is 3.49. The van der Waals surface area contributed by atoms with Crippen LogP contribution in [-0.4, -0.2) is 36.1 Å². The highest BCUT2D eigenvalue weighted by Crippen LogP contribution is 2.15. The van der Waals surface area contributed by atoms with Crippen LogP contribution in [0.25, 0.3) is 0 Å². The maximum Gasteiger partial charge on any atom is 0.240 e. The molecule has 1 fully saturated rings. The summed E-state index contributed by atoms with van der Waals surface area (Å²) in [6, 6.07) is 0. The Labute approximate surface area is 105 Å². The van der Waals surface area contributed by atoms with Gasteiger partial charge in [0.15, 0.2) is 5.13 Å². The number of nitrogens with one attached hydrogen (secondary N) is 3. The Morgan fingerprint density at radius 2 is 2.53 bits per heavy atom. The molecule has 2 heterocycles. The molecular formula is C11H18N4OS. The van der Waals surface area contributed by atoms with Crippen LogP contribution < -0.4 is 16.0 Å². The van der Waals surface area contributed by atoms with Gasteiger partial charge in [-0.25, -0.2) is 4.98 Å². The summed E-state index contributed by atoms with van der Waals surface area (Å²) in [7, 11) is 0. The van der Waals surface area contributed by atoms with Gasteiger partial charge in [0, 0.05) is 17.5 Å². The van der Waals surface area contributed by atoms with Crippen LogP contribution >= 0.6 is 11.3 Å². The highest BCUT2D eigenvalue weighted by molar-refractivity contribution is 7.13. The van der Waals surface area contributed by atoms with E-state index in [0.29, 0.717) is 11.7 Å². The zero-order valence-corrected chi connectivity index (χ0v) is 11.0. The molecule has 1 atom stereocenters. The van der Waals surface area contributed by atoms with Crippen molar-refractivity contribution in [3.05, 3.63) is 11.1 Å². The molecule has 1 aliphatic rings. The Bertz CT molecular complexity index is 398. The summed E-state index contributed by atoms with van der Waals surface area (Å²) in [5.41, 5.74) is 0.973. The molecule has 1 aromatic rings. The number of rotatable bonds is 4. The van der Waals surface area contributed by atoms with Crippen LogP contribution in [0, 0.1) is 6.92 Å². The van der Waals surface area contributed by atoms with Crippen molar-refractivity contribution in [1.82, 2.24) is 15.6 Å². The molecule has 1 unspecified atom stereocenters. The molecule has 6 heteroatoms. The summed E-state index contributed by atoms with van der Waals surface area (Å²) in [5.74, 6) is -0.0347. The molecule has 0 radical (unpaired) electrons. The molecule has 17 heavy (non-hydrogen) atoms. The van der Waals surface area contributed by atoms with Crippen LogP contribution in [0.4, 0.5) is 5.13 Å². The Balaban J connectivity index is 1.77. The van der Waals surface area contributed by atoms with E-state index in [0.717, 1.165) is 25.2 Å². The number of nitrogens with zero attached hydrogens (tertiary/aromatic N) is 1. The zero-order valence-electron chi connectivity index (χ0n) is 10.2. The van der Waals surface area contributed by atoms with E-state index in [-0.39, 0.29) is 11.4 Å². The lowest BCUT2D eigenvalue weighted by atomic mass is 10.0. The van der Waals surface area contributed by atoms with E-state index in [1.54, 1.807) is 0 Å². The van der Waals surface area contributed by atoms with Gasteiger partial charge in [0.1, 0.15) is 0 Å². The summed E-state index contributed by atoms with van der Waals surface area (Å²) in [6.45, 7) is 6.30. The minimum absolute atomic E-state index is 0.0347. The van der Waals surface area contributed by atoms with Crippen molar-refractivity contribution in [2.75, 3.05) is 25.0 Å². The summed E-state index contributed by atoms with van der Waals surface area (Å²) >= 11 is 1.45. The SMILES string of the molecule is Cc1csc(NC(=O)CNC2(C)CCNC2)n1. The lowest BCUT2D eigenvalue weighted by molar-refractivity contribution is -0.115. The van der Waals surface area contributed by atoms with Gasteiger partial charge in [0.25, 0.3) is 0 Å². The molecule has 0 aromatic carbocycles. The number of amides is 1. The van der Waals surface area contributed by atoms with E-state index in [2.05, 4.69) is 27.9 Å². The number of aryl methyl sites for hydroxylation is 1. The second kappa shape index (κ2) is 5.12. The molecule has 94 valence electrons. The largest absolute Gasteiger partial charge is 0.315 e. The fourth-order valence-electron chi connectivity index (χ4n) is 1.84. The Kier molecular flexibility index (Phi) is 3.76. The van der Waals surface area contributed by atoms with Gasteiger partial charge in [-0.3, -0.25) is 4.79 Å². The van der Waals surface area contributed by atoms with Crippen LogP contribution in [0.2, 0.25) is 0 Å². The lowest BCUT2D eigenvalue weighted by Gasteiger charge is -2.23. The molecule has 0 bridgehead atoms. The first-order valence-corrected chi connectivity index (χ1v) is 6.63. The van der Waals surface area contributed by atoms with Crippen molar-refractivity contribution in [2.24, 2.45) is 0 Å². The zero-order chi connectivity index (χ0) is 12.3. The third-order valence-electron chi connectivity index (χ3n) is 2.91. The highest BCUT2D eigenvalue weighted by Gasteiger charge is 2.28. The van der Waals surface area contributed by atoms with Crippen molar-refractivity contribution in [1.29, 1.82) is 0 Å². The summed E-state index contributed by atoms with van der Waals surface area (Å²) in [5, 5.41) is 12.0. The minimum atomic E-state index is -0.0347. The summed E-state index contributed by atoms with van der Waals surface area (Å²) in [6.07, 6.45) is 1.05. The van der Waals surface area contributed by atoms with Crippen molar-refractivity contribution in [2.45, 2.75) is 25.8 Å². The maximum atomic E-state index is 11.7. The number of carbonyl (C=O) groups excluding carboxylic acids is 1. The van der Waals surface area contributed by atoms with Gasteiger partial charge in [-0.05, 0) is 26.8 Å². The average Bonchev–Trinajstić information content (AvgIpc) is 2.86. The van der Waals surface area contributed by atoms with Gasteiger partial charge in [0.2, 0.25) is 5.91 Å². The van der Waals surface area contributed by atoms with E-state index in [1.807, 2.05) is 12.3 Å². The quantitative estimate of drug-likeness (QED) is 0.741. The molecule has 2 rings (SSSR count). The predicted molar refractivity (Wildman–Crippen MR) is 69.4 cm³/mol. The van der Waals surface area contributed by atoms with Gasteiger partial charge < -0.3 is 16.0 Å². The van der Waals surface area contributed by atoms with Crippen molar-refractivity contribution < 1.29 is 4.79 Å². The van der Waals surface area contributed by atoms with Gasteiger partial charge in [-0.15, -0.1) is 11.3 Å². The normalized spacial score (nSPS) is 23.9. The second-order valence-corrected chi connectivity index (χ2v) is 5.54. The first kappa shape index (κ1) is 12.5. The summed E-state index contributed by atoms with van der Waals surface area (Å²) < 4.78 is 0. The van der Waals surface area contributed by atoms with Crippen LogP contribution in [0.3, 0.4) is 0 Å². The van der Waals surface area contributed by atoms with E-state index >= 15 is 0 Å². The molecule has 1 amide bonds. The van der Waals surface area contributed by atoms with Gasteiger partial charge in [0.05, 0.1) is 12.2 Å². The molecule has 5 nitrogen and oxygen atoms in total. The van der Waals surface area contributed by atoms with E-state index in [4.69, 9.17) is 0 Å². The average molecular weight is 254 g/mol. The number of hydrogen-bond acceptors (Lipinski definition) is 5. The number of thiazole rings is 1. The molecular weight excluding hydrogens is 236 g/mol. The first-order valence-electron chi connectivity index (χ1n) is 5.75. The second-order valence-electron chi connectivity index (χ2n) is 4.68. The Hall–Kier alpha value is -0.980. The van der Waals surface area contributed by atoms with Crippen LogP contribution in [-0.2, 0) is 4.79 Å². The molecule has 1 aliphatic heterocycles. The maximum absolute atomic E-state index is 11.7. The van der Waals surface area contributed by atoms with Crippen LogP contribution in [0.15, 0.2) is 5.38 Å². The molecule has 0 aliphatic carbocycles. The number of carbonyl (C=O) groups is 1. The topological polar surface area (TPSA) is 66.1 Å². The minimum Gasteiger partial charge on any atom is -0.315 e. The lowest BCUT2D eigenvalue weighted by Crippen LogP contribution is -2.47. The first-order chi connectivity index (χ1) is 8.07. The fourth-order valence-corrected chi connectivity index (χ4v) is 2.54. The van der Waals surface area contributed by atoms with Crippen molar-refractivity contribution in [3.63, 3.8) is 0 Å². The van der Waals surface area contributed by atoms with Gasteiger partial charge >= 0.3 is 0 Å². The monoisotopic (exact) mass is 254 g/mol. The fraction of sp³-hybridized carbons (Fsp3) is 0.636. The van der Waals surface area contributed by atoms with Crippen molar-refractivity contribution >= 4 is 22.4 Å². The van der Waals surface area contributed by atoms with Crippen LogP contribution in [0.5, 0.6) is 0 Å².